The molecule has 1 aromatic carbocycles. The van der Waals surface area contributed by atoms with E-state index in [0.29, 0.717) is 20.7 Å². The van der Waals surface area contributed by atoms with Crippen LogP contribution in [0.1, 0.15) is 56.7 Å². The normalized spacial score (nSPS) is 16.0. The van der Waals surface area contributed by atoms with Crippen molar-refractivity contribution in [2.24, 2.45) is 0 Å². The number of halogens is 1. The zero-order valence-corrected chi connectivity index (χ0v) is 19.1. The number of ether oxygens (including phenoxy) is 2. The fourth-order valence-electron chi connectivity index (χ4n) is 3.54. The highest BCUT2D eigenvalue weighted by Crippen LogP contribution is 2.34. The molecule has 0 spiro atoms. The predicted molar refractivity (Wildman–Crippen MR) is 119 cm³/mol. The Morgan fingerprint density at radius 1 is 1.30 bits per heavy atom. The lowest BCUT2D eigenvalue weighted by molar-refractivity contribution is 0.0522. The number of hydrogen-bond acceptors (Lipinski definition) is 6. The highest BCUT2D eigenvalue weighted by Gasteiger charge is 2.25. The number of aromatic nitrogens is 3. The van der Waals surface area contributed by atoms with E-state index in [1.54, 1.807) is 6.07 Å². The summed E-state index contributed by atoms with van der Waals surface area (Å²) in [4.78, 5) is 16.9. The van der Waals surface area contributed by atoms with Gasteiger partial charge in [-0.25, -0.2) is 9.78 Å². The van der Waals surface area contributed by atoms with Crippen LogP contribution in [0.3, 0.4) is 0 Å². The number of rotatable bonds is 2. The molecule has 0 fully saturated rings. The number of nitrogens with zero attached hydrogens (tertiary/aromatic N) is 4. The Hall–Kier alpha value is -2.67. The van der Waals surface area contributed by atoms with Crippen LogP contribution in [0.25, 0.3) is 10.9 Å². The van der Waals surface area contributed by atoms with Crippen LogP contribution in [-0.2, 0) is 11.2 Å². The molecule has 0 bridgehead atoms. The quantitative estimate of drug-likeness (QED) is 0.438. The Bertz CT molecular complexity index is 1170. The van der Waals surface area contributed by atoms with Crippen molar-refractivity contribution in [2.75, 3.05) is 0 Å². The van der Waals surface area contributed by atoms with Gasteiger partial charge in [0.1, 0.15) is 32.9 Å². The minimum absolute atomic E-state index is 0.120. The van der Waals surface area contributed by atoms with Crippen molar-refractivity contribution in [3.63, 3.8) is 0 Å². The third kappa shape index (κ3) is 4.12. The molecular weight excluding hydrogens is 495 g/mol. The fraction of sp³-hybridized carbons (Fsp3) is 0.364. The van der Waals surface area contributed by atoms with Crippen molar-refractivity contribution in [1.82, 2.24) is 14.8 Å². The number of pyridine rings is 1. The maximum atomic E-state index is 12.5. The minimum Gasteiger partial charge on any atom is -0.486 e. The molecule has 2 aromatic heterocycles. The van der Waals surface area contributed by atoms with E-state index in [1.807, 2.05) is 45.0 Å². The van der Waals surface area contributed by atoms with Crippen molar-refractivity contribution in [1.29, 1.82) is 5.26 Å². The number of benzene rings is 1. The lowest BCUT2D eigenvalue weighted by Crippen LogP contribution is -2.27. The standard InChI is InChI=1S/C22H21IN4O3/c1-22(2,3)30-21(28)27-18-10-8-14(11-16(18)20(23)26-27)29-19-6-4-5-17-15(19)9-7-13(12-24)25-17/h7-11,19H,4-6H2,1-3H3. The van der Waals surface area contributed by atoms with Crippen molar-refractivity contribution in [2.45, 2.75) is 51.7 Å². The van der Waals surface area contributed by atoms with Gasteiger partial charge in [-0.15, -0.1) is 0 Å². The molecule has 1 aliphatic carbocycles. The average molecular weight is 516 g/mol. The van der Waals surface area contributed by atoms with E-state index >= 15 is 0 Å². The van der Waals surface area contributed by atoms with Crippen LogP contribution in [0.5, 0.6) is 5.75 Å². The Labute approximate surface area is 188 Å². The Balaban J connectivity index is 1.62. The molecule has 1 atom stereocenters. The Kier molecular flexibility index (Phi) is 5.40. The van der Waals surface area contributed by atoms with Crippen LogP contribution in [0.4, 0.5) is 4.79 Å². The molecule has 0 saturated heterocycles. The molecule has 7 nitrogen and oxygen atoms in total. The minimum atomic E-state index is -0.600. The Morgan fingerprint density at radius 3 is 2.83 bits per heavy atom. The molecule has 0 saturated carbocycles. The van der Waals surface area contributed by atoms with Gasteiger partial charge in [-0.2, -0.15) is 15.0 Å². The lowest BCUT2D eigenvalue weighted by atomic mass is 9.93. The highest BCUT2D eigenvalue weighted by molar-refractivity contribution is 14.1. The maximum Gasteiger partial charge on any atom is 0.435 e. The molecule has 2 heterocycles. The molecule has 154 valence electrons. The van der Waals surface area contributed by atoms with E-state index in [-0.39, 0.29) is 6.10 Å². The zero-order chi connectivity index (χ0) is 21.5. The van der Waals surface area contributed by atoms with E-state index < -0.39 is 11.7 Å². The van der Waals surface area contributed by atoms with E-state index in [0.717, 1.165) is 35.9 Å². The fourth-order valence-corrected chi connectivity index (χ4v) is 4.19. The van der Waals surface area contributed by atoms with E-state index in [4.69, 9.17) is 14.7 Å². The van der Waals surface area contributed by atoms with E-state index in [1.165, 1.54) is 4.68 Å². The first-order chi connectivity index (χ1) is 14.2. The second-order valence-corrected chi connectivity index (χ2v) is 9.23. The first-order valence-electron chi connectivity index (χ1n) is 9.73. The van der Waals surface area contributed by atoms with Crippen LogP contribution in [0.15, 0.2) is 30.3 Å². The molecule has 8 heteroatoms. The van der Waals surface area contributed by atoms with E-state index in [9.17, 15) is 4.79 Å². The topological polar surface area (TPSA) is 90.0 Å². The summed E-state index contributed by atoms with van der Waals surface area (Å²) in [6.07, 6.45) is 2.06. The van der Waals surface area contributed by atoms with Gasteiger partial charge in [-0.1, -0.05) is 6.07 Å². The number of fused-ring (bicyclic) bond motifs is 2. The van der Waals surface area contributed by atoms with Gasteiger partial charge in [-0.05, 0) is 86.9 Å². The smallest absolute Gasteiger partial charge is 0.435 e. The monoisotopic (exact) mass is 516 g/mol. The van der Waals surface area contributed by atoms with Crippen molar-refractivity contribution < 1.29 is 14.3 Å². The molecule has 1 unspecified atom stereocenters. The first kappa shape index (κ1) is 20.6. The molecule has 0 radical (unpaired) electrons. The van der Waals surface area contributed by atoms with Gasteiger partial charge in [-0.3, -0.25) is 0 Å². The molecule has 0 amide bonds. The van der Waals surface area contributed by atoms with Gasteiger partial charge >= 0.3 is 6.09 Å². The third-order valence-corrected chi connectivity index (χ3v) is 5.60. The molecule has 30 heavy (non-hydrogen) atoms. The van der Waals surface area contributed by atoms with Gasteiger partial charge < -0.3 is 9.47 Å². The number of carbonyl (C=O) groups excluding carboxylic acids is 1. The van der Waals surface area contributed by atoms with Crippen LogP contribution in [0, 0.1) is 15.0 Å². The summed E-state index contributed by atoms with van der Waals surface area (Å²) >= 11 is 2.11. The summed E-state index contributed by atoms with van der Waals surface area (Å²) in [6, 6.07) is 11.3. The summed E-state index contributed by atoms with van der Waals surface area (Å²) in [5, 5.41) is 14.3. The molecular formula is C22H21IN4O3. The largest absolute Gasteiger partial charge is 0.486 e. The summed E-state index contributed by atoms with van der Waals surface area (Å²) in [7, 11) is 0. The summed E-state index contributed by atoms with van der Waals surface area (Å²) < 4.78 is 13.7. The molecule has 0 aliphatic heterocycles. The van der Waals surface area contributed by atoms with Crippen LogP contribution >= 0.6 is 22.6 Å². The number of hydrogen-bond donors (Lipinski definition) is 0. The van der Waals surface area contributed by atoms with Gasteiger partial charge in [0.25, 0.3) is 0 Å². The number of carbonyl (C=O) groups is 1. The van der Waals surface area contributed by atoms with Crippen molar-refractivity contribution >= 4 is 39.6 Å². The summed E-state index contributed by atoms with van der Waals surface area (Å²) in [5.74, 6) is 0.700. The SMILES string of the molecule is CC(C)(C)OC(=O)n1nc(I)c2cc(OC3CCCc4nc(C#N)ccc43)ccc21. The predicted octanol–water partition coefficient (Wildman–Crippen LogP) is 5.15. The van der Waals surface area contributed by atoms with Gasteiger partial charge in [0.15, 0.2) is 0 Å². The van der Waals surface area contributed by atoms with Crippen LogP contribution < -0.4 is 4.74 Å². The van der Waals surface area contributed by atoms with Gasteiger partial charge in [0.2, 0.25) is 0 Å². The molecule has 0 N–H and O–H groups in total. The van der Waals surface area contributed by atoms with Crippen molar-refractivity contribution in [3.05, 3.63) is 51.0 Å². The van der Waals surface area contributed by atoms with Crippen LogP contribution in [0.2, 0.25) is 0 Å². The zero-order valence-electron chi connectivity index (χ0n) is 17.0. The van der Waals surface area contributed by atoms with Crippen LogP contribution in [-0.4, -0.2) is 26.5 Å². The third-order valence-electron chi connectivity index (χ3n) is 4.80. The molecule has 4 rings (SSSR count). The highest BCUT2D eigenvalue weighted by atomic mass is 127. The van der Waals surface area contributed by atoms with E-state index in [2.05, 4.69) is 38.7 Å². The summed E-state index contributed by atoms with van der Waals surface area (Å²) in [5.41, 5.74) is 2.46. The maximum absolute atomic E-state index is 12.5. The number of nitriles is 1. The van der Waals surface area contributed by atoms with Gasteiger partial charge in [0.05, 0.1) is 5.52 Å². The molecule has 3 aromatic rings. The number of aryl methyl sites for hydroxylation is 1. The summed E-state index contributed by atoms with van der Waals surface area (Å²) in [6.45, 7) is 5.47. The second kappa shape index (κ2) is 7.87. The average Bonchev–Trinajstić information content (AvgIpc) is 3.03. The lowest BCUT2D eigenvalue weighted by Gasteiger charge is -2.25. The Morgan fingerprint density at radius 2 is 2.10 bits per heavy atom. The van der Waals surface area contributed by atoms with Crippen molar-refractivity contribution in [3.8, 4) is 11.8 Å². The van der Waals surface area contributed by atoms with Gasteiger partial charge in [0, 0.05) is 16.6 Å². The first-order valence-corrected chi connectivity index (χ1v) is 10.8. The second-order valence-electron chi connectivity index (χ2n) is 8.20. The molecule has 1 aliphatic rings.